The highest BCUT2D eigenvalue weighted by atomic mass is 32.1. The first-order valence-electron chi connectivity index (χ1n) is 5.69. The zero-order chi connectivity index (χ0) is 13.0. The summed E-state index contributed by atoms with van der Waals surface area (Å²) in [5.41, 5.74) is 1.98. The summed E-state index contributed by atoms with van der Waals surface area (Å²) in [5.74, 6) is 1.02. The van der Waals surface area contributed by atoms with Crippen molar-refractivity contribution >= 4 is 11.5 Å². The van der Waals surface area contributed by atoms with Crippen LogP contribution in [0.25, 0.3) is 0 Å². The number of ether oxygens (including phenoxy) is 1. The second-order valence-electron chi connectivity index (χ2n) is 4.06. The number of nitrogens with one attached hydrogen (secondary N) is 1. The van der Waals surface area contributed by atoms with Gasteiger partial charge in [-0.3, -0.25) is 0 Å². The number of aromatic nitrogens is 1. The molecule has 96 valence electrons. The normalized spacial score (nSPS) is 12.3. The van der Waals surface area contributed by atoms with Gasteiger partial charge in [0.1, 0.15) is 11.5 Å². The quantitative estimate of drug-likeness (QED) is 0.872. The summed E-state index contributed by atoms with van der Waals surface area (Å²) in [6, 6.07) is 5.28. The fraction of sp³-hybridized carbons (Fsp3) is 0.308. The van der Waals surface area contributed by atoms with Gasteiger partial charge in [-0.05, 0) is 42.2 Å². The first-order valence-corrected chi connectivity index (χ1v) is 6.53. The fourth-order valence-corrected chi connectivity index (χ4v) is 2.24. The second kappa shape index (κ2) is 5.84. The molecule has 4 nitrogen and oxygen atoms in total. The summed E-state index contributed by atoms with van der Waals surface area (Å²) in [6.07, 6.45) is 1.84. The van der Waals surface area contributed by atoms with Crippen molar-refractivity contribution in [1.82, 2.24) is 9.69 Å². The monoisotopic (exact) mass is 264 g/mol. The number of aromatic hydroxyl groups is 1. The van der Waals surface area contributed by atoms with Crippen molar-refractivity contribution in [2.45, 2.75) is 19.5 Å². The zero-order valence-electron chi connectivity index (χ0n) is 10.4. The number of hydrogen-bond acceptors (Lipinski definition) is 5. The molecule has 1 atom stereocenters. The minimum Gasteiger partial charge on any atom is -0.508 e. The molecule has 0 amide bonds. The van der Waals surface area contributed by atoms with Crippen LogP contribution < -0.4 is 10.1 Å². The summed E-state index contributed by atoms with van der Waals surface area (Å²) in [6.45, 7) is 2.74. The molecule has 0 fully saturated rings. The van der Waals surface area contributed by atoms with E-state index in [1.165, 1.54) is 11.5 Å². The molecule has 0 aliphatic heterocycles. The van der Waals surface area contributed by atoms with E-state index in [4.69, 9.17) is 4.74 Å². The number of benzene rings is 1. The third kappa shape index (κ3) is 3.00. The maximum Gasteiger partial charge on any atom is 0.120 e. The van der Waals surface area contributed by atoms with Crippen LogP contribution in [0.4, 0.5) is 0 Å². The van der Waals surface area contributed by atoms with Crippen molar-refractivity contribution in [3.63, 3.8) is 0 Å². The Bertz CT molecular complexity index is 500. The SMILES string of the molecule is COc1ccc(O)c(C(C)NCc2cnsc2)c1. The lowest BCUT2D eigenvalue weighted by atomic mass is 10.1. The van der Waals surface area contributed by atoms with Gasteiger partial charge in [0, 0.05) is 29.7 Å². The molecule has 1 unspecified atom stereocenters. The minimum atomic E-state index is 0.0417. The summed E-state index contributed by atoms with van der Waals surface area (Å²) in [7, 11) is 1.62. The number of methoxy groups -OCH3 is 1. The highest BCUT2D eigenvalue weighted by molar-refractivity contribution is 7.03. The van der Waals surface area contributed by atoms with Crippen LogP contribution in [-0.2, 0) is 6.54 Å². The molecular weight excluding hydrogens is 248 g/mol. The molecule has 1 aromatic carbocycles. The van der Waals surface area contributed by atoms with Crippen LogP contribution in [0.2, 0.25) is 0 Å². The number of phenols is 1. The van der Waals surface area contributed by atoms with Crippen LogP contribution in [0.1, 0.15) is 24.1 Å². The molecule has 0 radical (unpaired) electrons. The maximum atomic E-state index is 9.85. The van der Waals surface area contributed by atoms with Crippen LogP contribution in [0.3, 0.4) is 0 Å². The molecule has 5 heteroatoms. The summed E-state index contributed by atoms with van der Waals surface area (Å²) < 4.78 is 9.21. The number of hydrogen-bond donors (Lipinski definition) is 2. The Morgan fingerprint density at radius 1 is 1.50 bits per heavy atom. The van der Waals surface area contributed by atoms with E-state index in [2.05, 4.69) is 9.69 Å². The Morgan fingerprint density at radius 2 is 2.33 bits per heavy atom. The maximum absolute atomic E-state index is 9.85. The molecule has 1 aromatic heterocycles. The Kier molecular flexibility index (Phi) is 4.17. The molecule has 0 saturated carbocycles. The average molecular weight is 264 g/mol. The Labute approximate surface area is 110 Å². The van der Waals surface area contributed by atoms with Gasteiger partial charge in [-0.2, -0.15) is 0 Å². The van der Waals surface area contributed by atoms with Gasteiger partial charge in [-0.15, -0.1) is 0 Å². The van der Waals surface area contributed by atoms with Gasteiger partial charge in [0.25, 0.3) is 0 Å². The van der Waals surface area contributed by atoms with Crippen LogP contribution >= 0.6 is 11.5 Å². The van der Waals surface area contributed by atoms with E-state index in [9.17, 15) is 5.11 Å². The van der Waals surface area contributed by atoms with Crippen LogP contribution in [0.5, 0.6) is 11.5 Å². The molecular formula is C13H16N2O2S. The summed E-state index contributed by atoms with van der Waals surface area (Å²) in [5, 5.41) is 15.2. The predicted octanol–water partition coefficient (Wildman–Crippen LogP) is 2.71. The highest BCUT2D eigenvalue weighted by Crippen LogP contribution is 2.28. The van der Waals surface area contributed by atoms with Gasteiger partial charge in [-0.25, -0.2) is 4.37 Å². The zero-order valence-corrected chi connectivity index (χ0v) is 11.2. The van der Waals surface area contributed by atoms with E-state index in [-0.39, 0.29) is 11.8 Å². The van der Waals surface area contributed by atoms with Crippen molar-refractivity contribution in [3.05, 3.63) is 40.9 Å². The number of nitrogens with zero attached hydrogens (tertiary/aromatic N) is 1. The van der Waals surface area contributed by atoms with Crippen molar-refractivity contribution in [2.75, 3.05) is 7.11 Å². The number of phenolic OH excluding ortho intramolecular Hbond substituents is 1. The third-order valence-corrected chi connectivity index (χ3v) is 3.43. The minimum absolute atomic E-state index is 0.0417. The molecule has 0 bridgehead atoms. The van der Waals surface area contributed by atoms with E-state index in [0.29, 0.717) is 0 Å². The molecule has 0 saturated heterocycles. The van der Waals surface area contributed by atoms with E-state index in [1.54, 1.807) is 19.2 Å². The smallest absolute Gasteiger partial charge is 0.120 e. The van der Waals surface area contributed by atoms with Crippen molar-refractivity contribution < 1.29 is 9.84 Å². The van der Waals surface area contributed by atoms with E-state index < -0.39 is 0 Å². The van der Waals surface area contributed by atoms with Crippen molar-refractivity contribution in [1.29, 1.82) is 0 Å². The van der Waals surface area contributed by atoms with Crippen LogP contribution in [0, 0.1) is 0 Å². The molecule has 0 aliphatic carbocycles. The lowest BCUT2D eigenvalue weighted by Crippen LogP contribution is -2.17. The van der Waals surface area contributed by atoms with Crippen LogP contribution in [0.15, 0.2) is 29.8 Å². The fourth-order valence-electron chi connectivity index (χ4n) is 1.70. The van der Waals surface area contributed by atoms with Crippen molar-refractivity contribution in [2.24, 2.45) is 0 Å². The van der Waals surface area contributed by atoms with E-state index >= 15 is 0 Å². The van der Waals surface area contributed by atoms with E-state index in [0.717, 1.165) is 23.4 Å². The average Bonchev–Trinajstić information content (AvgIpc) is 2.89. The van der Waals surface area contributed by atoms with Gasteiger partial charge in [-0.1, -0.05) is 0 Å². The lowest BCUT2D eigenvalue weighted by molar-refractivity contribution is 0.407. The molecule has 2 rings (SSSR count). The largest absolute Gasteiger partial charge is 0.508 e. The second-order valence-corrected chi connectivity index (χ2v) is 4.72. The Morgan fingerprint density at radius 3 is 3.00 bits per heavy atom. The molecule has 0 spiro atoms. The highest BCUT2D eigenvalue weighted by Gasteiger charge is 2.11. The van der Waals surface area contributed by atoms with Gasteiger partial charge in [0.2, 0.25) is 0 Å². The van der Waals surface area contributed by atoms with Gasteiger partial charge in [0.05, 0.1) is 7.11 Å². The van der Waals surface area contributed by atoms with Gasteiger partial charge < -0.3 is 15.2 Å². The molecule has 2 aromatic rings. The van der Waals surface area contributed by atoms with Crippen LogP contribution in [-0.4, -0.2) is 16.6 Å². The molecule has 1 heterocycles. The standard InChI is InChI=1S/C13H16N2O2S/c1-9(14-6-10-7-15-18-8-10)12-5-11(17-2)3-4-13(12)16/h3-5,7-9,14,16H,6H2,1-2H3. The molecule has 18 heavy (non-hydrogen) atoms. The Hall–Kier alpha value is -1.59. The number of rotatable bonds is 5. The first kappa shape index (κ1) is 12.9. The molecule has 2 N–H and O–H groups in total. The van der Waals surface area contributed by atoms with Gasteiger partial charge >= 0.3 is 0 Å². The molecule has 0 aliphatic rings. The summed E-state index contributed by atoms with van der Waals surface area (Å²) in [4.78, 5) is 0. The third-order valence-electron chi connectivity index (χ3n) is 2.80. The summed E-state index contributed by atoms with van der Waals surface area (Å²) >= 11 is 1.44. The first-order chi connectivity index (χ1) is 8.70. The van der Waals surface area contributed by atoms with Crippen molar-refractivity contribution in [3.8, 4) is 11.5 Å². The topological polar surface area (TPSA) is 54.4 Å². The van der Waals surface area contributed by atoms with Gasteiger partial charge in [0.15, 0.2) is 0 Å². The van der Waals surface area contributed by atoms with E-state index in [1.807, 2.05) is 24.6 Å². The lowest BCUT2D eigenvalue weighted by Gasteiger charge is -2.16. The Balaban J connectivity index is 2.05. The predicted molar refractivity (Wildman–Crippen MR) is 72.0 cm³/mol.